The molecule has 5 nitrogen and oxygen atoms in total. The molecule has 0 spiro atoms. The number of hydrogen-bond acceptors (Lipinski definition) is 2. The standard InChI is InChI=1S/C21H21N3O2/c1-16-20(21(26)24(23(16)3)18-12-8-5-9-13-18)22(2)19(25)15-14-17-10-6-4-7-11-17/h4-15H,1-3H3/b15-14-. The lowest BCUT2D eigenvalue weighted by molar-refractivity contribution is -0.113. The molecule has 0 saturated carbocycles. The van der Waals surface area contributed by atoms with Gasteiger partial charge in [-0.15, -0.1) is 0 Å². The fourth-order valence-electron chi connectivity index (χ4n) is 2.89. The number of benzene rings is 2. The Morgan fingerprint density at radius 2 is 1.58 bits per heavy atom. The molecule has 0 aliphatic rings. The summed E-state index contributed by atoms with van der Waals surface area (Å²) in [5.74, 6) is -0.250. The van der Waals surface area contributed by atoms with E-state index >= 15 is 0 Å². The van der Waals surface area contributed by atoms with Gasteiger partial charge in [-0.2, -0.15) is 0 Å². The Balaban J connectivity index is 1.95. The number of amides is 1. The second-order valence-electron chi connectivity index (χ2n) is 6.05. The summed E-state index contributed by atoms with van der Waals surface area (Å²) in [7, 11) is 3.43. The third-order valence-electron chi connectivity index (χ3n) is 4.41. The van der Waals surface area contributed by atoms with Crippen molar-refractivity contribution in [1.29, 1.82) is 0 Å². The molecule has 1 aromatic heterocycles. The van der Waals surface area contributed by atoms with E-state index in [1.807, 2.05) is 74.6 Å². The molecule has 1 amide bonds. The molecule has 0 bridgehead atoms. The molecule has 5 heteroatoms. The van der Waals surface area contributed by atoms with E-state index in [1.165, 1.54) is 11.0 Å². The molecule has 26 heavy (non-hydrogen) atoms. The van der Waals surface area contributed by atoms with Gasteiger partial charge in [-0.25, -0.2) is 4.68 Å². The molecule has 2 aromatic carbocycles. The smallest absolute Gasteiger partial charge is 0.295 e. The first-order valence-corrected chi connectivity index (χ1v) is 8.35. The molecule has 0 saturated heterocycles. The third kappa shape index (κ3) is 3.24. The zero-order valence-electron chi connectivity index (χ0n) is 15.1. The first kappa shape index (κ1) is 17.5. The Morgan fingerprint density at radius 1 is 1.00 bits per heavy atom. The monoisotopic (exact) mass is 347 g/mol. The Kier molecular flexibility index (Phi) is 4.89. The summed E-state index contributed by atoms with van der Waals surface area (Å²) in [5.41, 5.74) is 2.57. The van der Waals surface area contributed by atoms with Crippen LogP contribution in [-0.2, 0) is 11.8 Å². The van der Waals surface area contributed by atoms with Gasteiger partial charge in [0, 0.05) is 20.2 Å². The van der Waals surface area contributed by atoms with E-state index in [1.54, 1.807) is 22.5 Å². The summed E-state index contributed by atoms with van der Waals surface area (Å²) in [4.78, 5) is 26.9. The molecule has 0 N–H and O–H groups in total. The number of hydrogen-bond donors (Lipinski definition) is 0. The van der Waals surface area contributed by atoms with Crippen LogP contribution in [-0.4, -0.2) is 22.3 Å². The maximum atomic E-state index is 13.0. The van der Waals surface area contributed by atoms with Gasteiger partial charge in [0.15, 0.2) is 0 Å². The van der Waals surface area contributed by atoms with Gasteiger partial charge in [0.25, 0.3) is 11.5 Å². The lowest BCUT2D eigenvalue weighted by atomic mass is 10.2. The molecular weight excluding hydrogens is 326 g/mol. The second kappa shape index (κ2) is 7.27. The van der Waals surface area contributed by atoms with Crippen LogP contribution in [0.3, 0.4) is 0 Å². The summed E-state index contributed by atoms with van der Waals surface area (Å²) < 4.78 is 3.33. The normalized spacial score (nSPS) is 11.0. The fraction of sp³-hybridized carbons (Fsp3) is 0.143. The topological polar surface area (TPSA) is 47.2 Å². The molecule has 0 fully saturated rings. The minimum Gasteiger partial charge on any atom is -0.306 e. The highest BCUT2D eigenvalue weighted by Gasteiger charge is 2.21. The Morgan fingerprint density at radius 3 is 2.19 bits per heavy atom. The van der Waals surface area contributed by atoms with Crippen LogP contribution >= 0.6 is 0 Å². The van der Waals surface area contributed by atoms with Crippen molar-refractivity contribution in [3.63, 3.8) is 0 Å². The number of aromatic nitrogens is 2. The highest BCUT2D eigenvalue weighted by atomic mass is 16.2. The van der Waals surface area contributed by atoms with Crippen LogP contribution in [0.25, 0.3) is 11.8 Å². The molecule has 132 valence electrons. The Bertz CT molecular complexity index is 999. The average Bonchev–Trinajstić information content (AvgIpc) is 2.89. The van der Waals surface area contributed by atoms with Crippen LogP contribution in [0.5, 0.6) is 0 Å². The highest BCUT2D eigenvalue weighted by molar-refractivity contribution is 6.03. The average molecular weight is 347 g/mol. The molecule has 0 aliphatic heterocycles. The van der Waals surface area contributed by atoms with Gasteiger partial charge in [-0.05, 0) is 30.7 Å². The van der Waals surface area contributed by atoms with Crippen molar-refractivity contribution in [2.45, 2.75) is 6.92 Å². The number of rotatable bonds is 4. The highest BCUT2D eigenvalue weighted by Crippen LogP contribution is 2.17. The minimum absolute atomic E-state index is 0.222. The van der Waals surface area contributed by atoms with Gasteiger partial charge in [0.1, 0.15) is 5.69 Å². The van der Waals surface area contributed by atoms with Crippen molar-refractivity contribution in [2.75, 3.05) is 11.9 Å². The number of nitrogens with zero attached hydrogens (tertiary/aromatic N) is 3. The van der Waals surface area contributed by atoms with Crippen LogP contribution < -0.4 is 10.5 Å². The Labute approximate surface area is 152 Å². The SMILES string of the molecule is Cc1c(N(C)C(=O)/C=C\c2ccccc2)c(=O)n(-c2ccccc2)n1C. The van der Waals surface area contributed by atoms with Crippen molar-refractivity contribution in [2.24, 2.45) is 7.05 Å². The third-order valence-corrected chi connectivity index (χ3v) is 4.41. The molecule has 0 radical (unpaired) electrons. The van der Waals surface area contributed by atoms with Crippen molar-refractivity contribution in [3.8, 4) is 5.69 Å². The number of carbonyl (C=O) groups excluding carboxylic acids is 1. The first-order valence-electron chi connectivity index (χ1n) is 8.35. The number of para-hydroxylation sites is 1. The van der Waals surface area contributed by atoms with E-state index < -0.39 is 0 Å². The lowest BCUT2D eigenvalue weighted by Gasteiger charge is -2.13. The van der Waals surface area contributed by atoms with Gasteiger partial charge in [0.05, 0.1) is 11.4 Å². The van der Waals surface area contributed by atoms with Crippen LogP contribution in [0.1, 0.15) is 11.3 Å². The van der Waals surface area contributed by atoms with Gasteiger partial charge in [-0.1, -0.05) is 48.5 Å². The Hall–Kier alpha value is -3.34. The lowest BCUT2D eigenvalue weighted by Crippen LogP contribution is -2.30. The maximum Gasteiger partial charge on any atom is 0.295 e. The van der Waals surface area contributed by atoms with Crippen molar-refractivity contribution in [1.82, 2.24) is 9.36 Å². The summed E-state index contributed by atoms with van der Waals surface area (Å²) in [6.45, 7) is 1.83. The predicted molar refractivity (Wildman–Crippen MR) is 105 cm³/mol. The van der Waals surface area contributed by atoms with Crippen molar-refractivity contribution in [3.05, 3.63) is 88.4 Å². The second-order valence-corrected chi connectivity index (χ2v) is 6.05. The minimum atomic E-state index is -0.250. The maximum absolute atomic E-state index is 13.0. The molecular formula is C21H21N3O2. The molecule has 3 aromatic rings. The van der Waals surface area contributed by atoms with E-state index in [4.69, 9.17) is 0 Å². The van der Waals surface area contributed by atoms with Crippen LogP contribution in [0, 0.1) is 6.92 Å². The van der Waals surface area contributed by atoms with Crippen molar-refractivity contribution < 1.29 is 4.79 Å². The summed E-state index contributed by atoms with van der Waals surface area (Å²) in [6.07, 6.45) is 3.22. The zero-order valence-corrected chi connectivity index (χ0v) is 15.1. The van der Waals surface area contributed by atoms with E-state index in [-0.39, 0.29) is 11.5 Å². The van der Waals surface area contributed by atoms with Gasteiger partial charge < -0.3 is 4.90 Å². The van der Waals surface area contributed by atoms with Crippen molar-refractivity contribution >= 4 is 17.7 Å². The quantitative estimate of drug-likeness (QED) is 0.681. The molecule has 1 heterocycles. The van der Waals surface area contributed by atoms with Gasteiger partial charge >= 0.3 is 0 Å². The first-order chi connectivity index (χ1) is 12.5. The number of anilines is 1. The van der Waals surface area contributed by atoms with Gasteiger partial charge in [0.2, 0.25) is 0 Å². The predicted octanol–water partition coefficient (Wildman–Crippen LogP) is 3.16. The molecule has 0 atom stereocenters. The molecule has 3 rings (SSSR count). The zero-order chi connectivity index (χ0) is 18.7. The van der Waals surface area contributed by atoms with E-state index in [0.29, 0.717) is 5.69 Å². The van der Waals surface area contributed by atoms with Gasteiger partial charge in [-0.3, -0.25) is 14.3 Å². The fourth-order valence-corrected chi connectivity index (χ4v) is 2.89. The molecule has 0 aliphatic carbocycles. The number of likely N-dealkylation sites (N-methyl/N-ethyl adjacent to an activating group) is 1. The summed E-state index contributed by atoms with van der Waals surface area (Å²) >= 11 is 0. The molecule has 0 unspecified atom stereocenters. The number of carbonyl (C=O) groups is 1. The van der Waals surface area contributed by atoms with E-state index in [2.05, 4.69) is 0 Å². The van der Waals surface area contributed by atoms with Crippen LogP contribution in [0.2, 0.25) is 0 Å². The van der Waals surface area contributed by atoms with Crippen LogP contribution in [0.15, 0.2) is 71.5 Å². The van der Waals surface area contributed by atoms with E-state index in [9.17, 15) is 9.59 Å². The van der Waals surface area contributed by atoms with Crippen LogP contribution in [0.4, 0.5) is 5.69 Å². The summed E-state index contributed by atoms with van der Waals surface area (Å²) in [6, 6.07) is 19.0. The largest absolute Gasteiger partial charge is 0.306 e. The van der Waals surface area contributed by atoms with E-state index in [0.717, 1.165) is 16.9 Å². The summed E-state index contributed by atoms with van der Waals surface area (Å²) in [5, 5.41) is 0.